The van der Waals surface area contributed by atoms with Gasteiger partial charge in [0.2, 0.25) is 0 Å². The zero-order valence-corrected chi connectivity index (χ0v) is 8.73. The van der Waals surface area contributed by atoms with E-state index in [1.165, 1.54) is 6.39 Å². The molecule has 0 aliphatic rings. The monoisotopic (exact) mass is 202 g/mol. The Balaban J connectivity index is 2.25. The molecule has 0 radical (unpaired) electrons. The van der Waals surface area contributed by atoms with E-state index in [-0.39, 0.29) is 0 Å². The van der Waals surface area contributed by atoms with Gasteiger partial charge in [0.05, 0.1) is 0 Å². The zero-order valence-electron chi connectivity index (χ0n) is 8.73. The number of benzene rings is 1. The van der Waals surface area contributed by atoms with Crippen LogP contribution in [0.15, 0.2) is 41.1 Å². The van der Waals surface area contributed by atoms with Crippen LogP contribution in [0.25, 0.3) is 11.3 Å². The van der Waals surface area contributed by atoms with Crippen LogP contribution in [0.1, 0.15) is 5.76 Å². The highest BCUT2D eigenvalue weighted by molar-refractivity contribution is 5.60. The standard InChI is InChI=1S/C12H14N2O/c1-13-8-7-11-12(14-9-15-11)10-5-3-2-4-6-10/h2-6,9,13H,7-8H2,1H3. The van der Waals surface area contributed by atoms with Gasteiger partial charge in [0, 0.05) is 18.5 Å². The molecule has 0 bridgehead atoms. The number of nitrogens with one attached hydrogen (secondary N) is 1. The van der Waals surface area contributed by atoms with Crippen molar-refractivity contribution in [2.45, 2.75) is 6.42 Å². The van der Waals surface area contributed by atoms with E-state index >= 15 is 0 Å². The number of oxazole rings is 1. The fourth-order valence-electron chi connectivity index (χ4n) is 1.52. The highest BCUT2D eigenvalue weighted by Crippen LogP contribution is 2.21. The lowest BCUT2D eigenvalue weighted by atomic mass is 10.1. The number of aromatic nitrogens is 1. The fourth-order valence-corrected chi connectivity index (χ4v) is 1.52. The molecule has 15 heavy (non-hydrogen) atoms. The average molecular weight is 202 g/mol. The Bertz CT molecular complexity index is 409. The first kappa shape index (κ1) is 9.93. The summed E-state index contributed by atoms with van der Waals surface area (Å²) in [7, 11) is 1.93. The number of hydrogen-bond acceptors (Lipinski definition) is 3. The van der Waals surface area contributed by atoms with Crippen molar-refractivity contribution in [3.63, 3.8) is 0 Å². The quantitative estimate of drug-likeness (QED) is 0.825. The van der Waals surface area contributed by atoms with Crippen molar-refractivity contribution < 1.29 is 4.42 Å². The second-order valence-corrected chi connectivity index (χ2v) is 3.34. The van der Waals surface area contributed by atoms with Gasteiger partial charge in [-0.2, -0.15) is 0 Å². The lowest BCUT2D eigenvalue weighted by Crippen LogP contribution is -2.10. The van der Waals surface area contributed by atoms with Gasteiger partial charge in [0.15, 0.2) is 6.39 Å². The molecule has 3 nitrogen and oxygen atoms in total. The predicted molar refractivity (Wildman–Crippen MR) is 59.6 cm³/mol. The molecular weight excluding hydrogens is 188 g/mol. The van der Waals surface area contributed by atoms with Crippen molar-refractivity contribution in [3.05, 3.63) is 42.5 Å². The van der Waals surface area contributed by atoms with Crippen LogP contribution in [-0.2, 0) is 6.42 Å². The third-order valence-corrected chi connectivity index (χ3v) is 2.29. The van der Waals surface area contributed by atoms with E-state index < -0.39 is 0 Å². The molecule has 78 valence electrons. The Morgan fingerprint density at radius 2 is 2.07 bits per heavy atom. The van der Waals surface area contributed by atoms with E-state index in [4.69, 9.17) is 4.42 Å². The highest BCUT2D eigenvalue weighted by atomic mass is 16.3. The molecule has 1 aromatic heterocycles. The number of likely N-dealkylation sites (N-methyl/N-ethyl adjacent to an activating group) is 1. The van der Waals surface area contributed by atoms with Crippen molar-refractivity contribution in [1.29, 1.82) is 0 Å². The van der Waals surface area contributed by atoms with Crippen LogP contribution in [0.2, 0.25) is 0 Å². The van der Waals surface area contributed by atoms with Crippen LogP contribution in [0.5, 0.6) is 0 Å². The molecular formula is C12H14N2O. The molecule has 0 atom stereocenters. The van der Waals surface area contributed by atoms with Gasteiger partial charge in [-0.1, -0.05) is 30.3 Å². The van der Waals surface area contributed by atoms with E-state index in [9.17, 15) is 0 Å². The van der Waals surface area contributed by atoms with Gasteiger partial charge < -0.3 is 9.73 Å². The first-order chi connectivity index (χ1) is 7.42. The molecule has 1 aromatic carbocycles. The molecule has 2 rings (SSSR count). The molecule has 3 heteroatoms. The van der Waals surface area contributed by atoms with Gasteiger partial charge in [0.25, 0.3) is 0 Å². The summed E-state index contributed by atoms with van der Waals surface area (Å²) in [6.07, 6.45) is 2.37. The maximum atomic E-state index is 5.37. The second kappa shape index (κ2) is 4.75. The van der Waals surface area contributed by atoms with E-state index in [2.05, 4.69) is 10.3 Å². The summed E-state index contributed by atoms with van der Waals surface area (Å²) in [5, 5.41) is 3.10. The molecule has 1 N–H and O–H groups in total. The van der Waals surface area contributed by atoms with Crippen molar-refractivity contribution in [3.8, 4) is 11.3 Å². The largest absolute Gasteiger partial charge is 0.448 e. The molecule has 0 fully saturated rings. The molecule has 0 unspecified atom stereocenters. The second-order valence-electron chi connectivity index (χ2n) is 3.34. The molecule has 0 aliphatic carbocycles. The van der Waals surface area contributed by atoms with E-state index in [1.54, 1.807) is 0 Å². The maximum Gasteiger partial charge on any atom is 0.181 e. The molecule has 0 saturated heterocycles. The van der Waals surface area contributed by atoms with Crippen LogP contribution in [0.4, 0.5) is 0 Å². The smallest absolute Gasteiger partial charge is 0.181 e. The van der Waals surface area contributed by atoms with E-state index in [0.29, 0.717) is 0 Å². The van der Waals surface area contributed by atoms with Gasteiger partial charge in [-0.25, -0.2) is 4.98 Å². The Morgan fingerprint density at radius 1 is 1.27 bits per heavy atom. The minimum Gasteiger partial charge on any atom is -0.448 e. The Kier molecular flexibility index (Phi) is 3.15. The number of hydrogen-bond donors (Lipinski definition) is 1. The zero-order chi connectivity index (χ0) is 10.5. The predicted octanol–water partition coefficient (Wildman–Crippen LogP) is 2.10. The third kappa shape index (κ3) is 2.25. The van der Waals surface area contributed by atoms with Crippen LogP contribution >= 0.6 is 0 Å². The highest BCUT2D eigenvalue weighted by Gasteiger charge is 2.08. The fraction of sp³-hybridized carbons (Fsp3) is 0.250. The van der Waals surface area contributed by atoms with Crippen molar-refractivity contribution >= 4 is 0 Å². The summed E-state index contributed by atoms with van der Waals surface area (Å²) in [5.41, 5.74) is 2.06. The van der Waals surface area contributed by atoms with Crippen molar-refractivity contribution in [2.75, 3.05) is 13.6 Å². The molecule has 0 spiro atoms. The summed E-state index contributed by atoms with van der Waals surface area (Å²) < 4.78 is 5.37. The first-order valence-electron chi connectivity index (χ1n) is 5.04. The van der Waals surface area contributed by atoms with Gasteiger partial charge in [-0.05, 0) is 7.05 Å². The minimum absolute atomic E-state index is 0.862. The lowest BCUT2D eigenvalue weighted by molar-refractivity contribution is 0.500. The maximum absolute atomic E-state index is 5.37. The molecule has 2 aromatic rings. The van der Waals surface area contributed by atoms with Gasteiger partial charge in [0.1, 0.15) is 11.5 Å². The summed E-state index contributed by atoms with van der Waals surface area (Å²) >= 11 is 0. The van der Waals surface area contributed by atoms with Crippen LogP contribution in [0, 0.1) is 0 Å². The molecule has 1 heterocycles. The van der Waals surface area contributed by atoms with E-state index in [0.717, 1.165) is 30.0 Å². The number of nitrogens with zero attached hydrogens (tertiary/aromatic N) is 1. The topological polar surface area (TPSA) is 38.1 Å². The summed E-state index contributed by atoms with van der Waals surface area (Å²) in [4.78, 5) is 4.24. The Labute approximate surface area is 89.1 Å². The van der Waals surface area contributed by atoms with Crippen LogP contribution in [0.3, 0.4) is 0 Å². The summed E-state index contributed by atoms with van der Waals surface area (Å²) in [5.74, 6) is 0.940. The lowest BCUT2D eigenvalue weighted by Gasteiger charge is -2.00. The molecule has 0 amide bonds. The van der Waals surface area contributed by atoms with Gasteiger partial charge >= 0.3 is 0 Å². The van der Waals surface area contributed by atoms with Crippen molar-refractivity contribution in [2.24, 2.45) is 0 Å². The van der Waals surface area contributed by atoms with Crippen LogP contribution < -0.4 is 5.32 Å². The Morgan fingerprint density at radius 3 is 2.80 bits per heavy atom. The van der Waals surface area contributed by atoms with Crippen molar-refractivity contribution in [1.82, 2.24) is 10.3 Å². The minimum atomic E-state index is 0.862. The number of rotatable bonds is 4. The van der Waals surface area contributed by atoms with Gasteiger partial charge in [-0.3, -0.25) is 0 Å². The normalized spacial score (nSPS) is 10.5. The molecule has 0 aliphatic heterocycles. The average Bonchev–Trinajstić information content (AvgIpc) is 2.75. The third-order valence-electron chi connectivity index (χ3n) is 2.29. The summed E-state index contributed by atoms with van der Waals surface area (Å²) in [6, 6.07) is 10.1. The SMILES string of the molecule is CNCCc1ocnc1-c1ccccc1. The Hall–Kier alpha value is -1.61. The van der Waals surface area contributed by atoms with E-state index in [1.807, 2.05) is 37.4 Å². The van der Waals surface area contributed by atoms with Crippen LogP contribution in [-0.4, -0.2) is 18.6 Å². The van der Waals surface area contributed by atoms with Gasteiger partial charge in [-0.15, -0.1) is 0 Å². The molecule has 0 saturated carbocycles. The first-order valence-corrected chi connectivity index (χ1v) is 5.04. The summed E-state index contributed by atoms with van der Waals surface area (Å²) in [6.45, 7) is 0.898.